The summed E-state index contributed by atoms with van der Waals surface area (Å²) in [7, 11) is 0. The number of hydrogen-bond acceptors (Lipinski definition) is 4. The molecule has 3 rings (SSSR count). The maximum Gasteiger partial charge on any atom is 0.338 e. The standard InChI is InChI=1S/C15H14N2O3/c1-3-20-15(19)9-5-4-8(2)10-6-11-12(13(9)10)7-16-17-14(11)18/h4-5,7H,3,6H2,1-2H3,(H,17,18). The lowest BCUT2D eigenvalue weighted by molar-refractivity contribution is 0.0527. The Morgan fingerprint density at radius 2 is 2.20 bits per heavy atom. The molecule has 0 amide bonds. The SMILES string of the molecule is CCOC(=O)c1ccc(C)c2c1-c1cn[nH]c(=O)c1C2. The highest BCUT2D eigenvalue weighted by atomic mass is 16.5. The number of hydrogen-bond donors (Lipinski definition) is 1. The summed E-state index contributed by atoms with van der Waals surface area (Å²) in [4.78, 5) is 23.9. The molecular weight excluding hydrogens is 256 g/mol. The van der Waals surface area contributed by atoms with Crippen LogP contribution in [0.2, 0.25) is 0 Å². The van der Waals surface area contributed by atoms with E-state index in [4.69, 9.17) is 4.74 Å². The lowest BCUT2D eigenvalue weighted by atomic mass is 9.97. The minimum atomic E-state index is -0.364. The molecule has 1 aromatic carbocycles. The van der Waals surface area contributed by atoms with Gasteiger partial charge in [-0.05, 0) is 31.0 Å². The number of rotatable bonds is 2. The molecule has 1 aliphatic carbocycles. The number of carbonyl (C=O) groups is 1. The molecule has 20 heavy (non-hydrogen) atoms. The number of nitrogens with one attached hydrogen (secondary N) is 1. The molecule has 5 nitrogen and oxygen atoms in total. The topological polar surface area (TPSA) is 72.0 Å². The number of aromatic nitrogens is 2. The van der Waals surface area contributed by atoms with Crippen molar-refractivity contribution in [1.29, 1.82) is 0 Å². The average Bonchev–Trinajstić information content (AvgIpc) is 2.82. The maximum atomic E-state index is 12.1. The Morgan fingerprint density at radius 3 is 2.95 bits per heavy atom. The van der Waals surface area contributed by atoms with Gasteiger partial charge in [0.2, 0.25) is 0 Å². The molecule has 0 aliphatic heterocycles. The van der Waals surface area contributed by atoms with Crippen molar-refractivity contribution in [2.45, 2.75) is 20.3 Å². The quantitative estimate of drug-likeness (QED) is 0.721. The number of H-pyrrole nitrogens is 1. The number of ether oxygens (including phenoxy) is 1. The van der Waals surface area contributed by atoms with E-state index in [-0.39, 0.29) is 11.5 Å². The van der Waals surface area contributed by atoms with Crippen LogP contribution in [-0.4, -0.2) is 22.8 Å². The largest absolute Gasteiger partial charge is 0.462 e. The van der Waals surface area contributed by atoms with Gasteiger partial charge in [-0.25, -0.2) is 9.89 Å². The number of aromatic amines is 1. The van der Waals surface area contributed by atoms with Gasteiger partial charge in [-0.2, -0.15) is 5.10 Å². The van der Waals surface area contributed by atoms with E-state index in [1.165, 1.54) is 0 Å². The third-order valence-corrected chi connectivity index (χ3v) is 3.62. The van der Waals surface area contributed by atoms with Crippen LogP contribution in [0, 0.1) is 6.92 Å². The molecule has 0 fully saturated rings. The second kappa shape index (κ2) is 4.59. The van der Waals surface area contributed by atoms with Gasteiger partial charge in [0.1, 0.15) is 0 Å². The highest BCUT2D eigenvalue weighted by Crippen LogP contribution is 2.38. The van der Waals surface area contributed by atoms with Crippen LogP contribution in [0.25, 0.3) is 11.1 Å². The highest BCUT2D eigenvalue weighted by molar-refractivity contribution is 6.00. The first-order valence-corrected chi connectivity index (χ1v) is 6.50. The molecule has 1 heterocycles. The summed E-state index contributed by atoms with van der Waals surface area (Å²) in [5.41, 5.74) is 4.54. The van der Waals surface area contributed by atoms with Crippen LogP contribution >= 0.6 is 0 Å². The summed E-state index contributed by atoms with van der Waals surface area (Å²) in [6.45, 7) is 4.07. The van der Waals surface area contributed by atoms with Gasteiger partial charge in [0.25, 0.3) is 5.56 Å². The van der Waals surface area contributed by atoms with E-state index in [0.717, 1.165) is 22.3 Å². The van der Waals surface area contributed by atoms with E-state index in [1.54, 1.807) is 19.2 Å². The molecule has 0 unspecified atom stereocenters. The Morgan fingerprint density at radius 1 is 1.40 bits per heavy atom. The lowest BCUT2D eigenvalue weighted by Crippen LogP contribution is -2.12. The summed E-state index contributed by atoms with van der Waals surface area (Å²) in [6.07, 6.45) is 2.13. The van der Waals surface area contributed by atoms with Crippen LogP contribution in [-0.2, 0) is 11.2 Å². The van der Waals surface area contributed by atoms with Gasteiger partial charge in [0.05, 0.1) is 18.4 Å². The molecular formula is C15H14N2O3. The smallest absolute Gasteiger partial charge is 0.338 e. The van der Waals surface area contributed by atoms with Gasteiger partial charge in [0.15, 0.2) is 0 Å². The second-order valence-electron chi connectivity index (χ2n) is 4.77. The second-order valence-corrected chi connectivity index (χ2v) is 4.77. The molecule has 1 N–H and O–H groups in total. The molecule has 0 saturated carbocycles. The fraction of sp³-hybridized carbons (Fsp3) is 0.267. The van der Waals surface area contributed by atoms with Gasteiger partial charge >= 0.3 is 5.97 Å². The summed E-state index contributed by atoms with van der Waals surface area (Å²) in [6, 6.07) is 3.64. The van der Waals surface area contributed by atoms with Crippen LogP contribution in [0.4, 0.5) is 0 Å². The van der Waals surface area contributed by atoms with E-state index < -0.39 is 0 Å². The third-order valence-electron chi connectivity index (χ3n) is 3.62. The number of nitrogens with zero attached hydrogens (tertiary/aromatic N) is 1. The van der Waals surface area contributed by atoms with Crippen LogP contribution in [0.3, 0.4) is 0 Å². The first-order chi connectivity index (χ1) is 9.63. The van der Waals surface area contributed by atoms with Crippen molar-refractivity contribution < 1.29 is 9.53 Å². The van der Waals surface area contributed by atoms with Gasteiger partial charge in [-0.15, -0.1) is 0 Å². The summed E-state index contributed by atoms with van der Waals surface area (Å²) in [5.74, 6) is -0.364. The third kappa shape index (κ3) is 1.74. The summed E-state index contributed by atoms with van der Waals surface area (Å²) >= 11 is 0. The molecule has 1 aliphatic rings. The Kier molecular flexibility index (Phi) is 2.89. The predicted molar refractivity (Wildman–Crippen MR) is 73.8 cm³/mol. The lowest BCUT2D eigenvalue weighted by Gasteiger charge is -2.10. The van der Waals surface area contributed by atoms with Crippen molar-refractivity contribution in [2.75, 3.05) is 6.61 Å². The molecule has 1 aromatic heterocycles. The average molecular weight is 270 g/mol. The van der Waals surface area contributed by atoms with Crippen molar-refractivity contribution in [3.05, 3.63) is 50.9 Å². The summed E-state index contributed by atoms with van der Waals surface area (Å²) in [5, 5.41) is 6.28. The van der Waals surface area contributed by atoms with Gasteiger partial charge in [-0.3, -0.25) is 4.79 Å². The zero-order chi connectivity index (χ0) is 14.3. The van der Waals surface area contributed by atoms with Crippen molar-refractivity contribution in [1.82, 2.24) is 10.2 Å². The molecule has 0 atom stereocenters. The fourth-order valence-electron chi connectivity index (χ4n) is 2.66. The number of esters is 1. The monoisotopic (exact) mass is 270 g/mol. The van der Waals surface area contributed by atoms with Crippen LogP contribution in [0.5, 0.6) is 0 Å². The molecule has 102 valence electrons. The highest BCUT2D eigenvalue weighted by Gasteiger charge is 2.28. The molecule has 5 heteroatoms. The van der Waals surface area contributed by atoms with Crippen LogP contribution in [0.15, 0.2) is 23.1 Å². The fourth-order valence-corrected chi connectivity index (χ4v) is 2.66. The van der Waals surface area contributed by atoms with E-state index in [1.807, 2.05) is 13.0 Å². The van der Waals surface area contributed by atoms with Crippen LogP contribution < -0.4 is 5.56 Å². The van der Waals surface area contributed by atoms with Crippen molar-refractivity contribution in [3.63, 3.8) is 0 Å². The Hall–Kier alpha value is -2.43. The summed E-state index contributed by atoms with van der Waals surface area (Å²) < 4.78 is 5.09. The van der Waals surface area contributed by atoms with Gasteiger partial charge in [0, 0.05) is 23.1 Å². The van der Waals surface area contributed by atoms with Crippen molar-refractivity contribution in [3.8, 4) is 11.1 Å². The molecule has 0 saturated heterocycles. The van der Waals surface area contributed by atoms with Crippen molar-refractivity contribution in [2.24, 2.45) is 0 Å². The van der Waals surface area contributed by atoms with Crippen LogP contribution in [0.1, 0.15) is 34.0 Å². The first-order valence-electron chi connectivity index (χ1n) is 6.50. The number of benzene rings is 1. The zero-order valence-corrected chi connectivity index (χ0v) is 11.3. The molecule has 0 spiro atoms. The van der Waals surface area contributed by atoms with E-state index >= 15 is 0 Å². The molecule has 0 radical (unpaired) electrons. The molecule has 2 aromatic rings. The van der Waals surface area contributed by atoms with Crippen molar-refractivity contribution >= 4 is 5.97 Å². The van der Waals surface area contributed by atoms with Gasteiger partial charge in [-0.1, -0.05) is 6.07 Å². The minimum absolute atomic E-state index is 0.201. The first kappa shape index (κ1) is 12.6. The Bertz CT molecular complexity index is 762. The maximum absolute atomic E-state index is 12.1. The zero-order valence-electron chi connectivity index (χ0n) is 11.3. The minimum Gasteiger partial charge on any atom is -0.462 e. The normalized spacial score (nSPS) is 11.9. The van der Waals surface area contributed by atoms with E-state index in [0.29, 0.717) is 24.2 Å². The number of carbonyl (C=O) groups excluding carboxylic acids is 1. The molecule has 0 bridgehead atoms. The van der Waals surface area contributed by atoms with E-state index in [9.17, 15) is 9.59 Å². The predicted octanol–water partition coefficient (Wildman–Crippen LogP) is 1.83. The Balaban J connectivity index is 2.27. The number of fused-ring (bicyclic) bond motifs is 3. The Labute approximate surface area is 115 Å². The van der Waals surface area contributed by atoms with Gasteiger partial charge < -0.3 is 4.74 Å². The van der Waals surface area contributed by atoms with E-state index in [2.05, 4.69) is 10.2 Å². The number of aryl methyl sites for hydroxylation is 1.